The molecule has 0 spiro atoms. The van der Waals surface area contributed by atoms with E-state index in [2.05, 4.69) is 6.58 Å². The Balaban J connectivity index is 2.22. The third kappa shape index (κ3) is 4.36. The van der Waals surface area contributed by atoms with Crippen LogP contribution in [0.15, 0.2) is 12.2 Å². The van der Waals surface area contributed by atoms with Crippen LogP contribution < -0.4 is 0 Å². The zero-order valence-corrected chi connectivity index (χ0v) is 8.61. The van der Waals surface area contributed by atoms with Crippen LogP contribution in [0, 0.1) is 0 Å². The molecule has 0 aromatic carbocycles. The number of aliphatic carboxylic acids is 1. The molecular weight excluding hydrogens is 184 g/mol. The van der Waals surface area contributed by atoms with E-state index in [4.69, 9.17) is 5.11 Å². The van der Waals surface area contributed by atoms with Crippen LogP contribution in [0.2, 0.25) is 0 Å². The van der Waals surface area contributed by atoms with Gasteiger partial charge in [0.05, 0.1) is 6.42 Å². The normalized spacial score (nSPS) is 22.6. The van der Waals surface area contributed by atoms with Gasteiger partial charge in [0.1, 0.15) is 0 Å². The second kappa shape index (κ2) is 5.32. The Morgan fingerprint density at radius 2 is 2.31 bits per heavy atom. The summed E-state index contributed by atoms with van der Waals surface area (Å²) in [5, 5.41) is 9.17. The van der Waals surface area contributed by atoms with E-state index in [1.54, 1.807) is 0 Å². The Hall–Kier alpha value is -0.440. The summed E-state index contributed by atoms with van der Waals surface area (Å²) in [6.07, 6.45) is 4.85. The minimum atomic E-state index is -0.759. The van der Waals surface area contributed by atoms with Gasteiger partial charge in [-0.1, -0.05) is 18.6 Å². The first-order chi connectivity index (χ1) is 6.18. The Morgan fingerprint density at radius 3 is 2.85 bits per heavy atom. The van der Waals surface area contributed by atoms with Gasteiger partial charge in [-0.3, -0.25) is 4.79 Å². The van der Waals surface area contributed by atoms with Crippen molar-refractivity contribution in [3.8, 4) is 0 Å². The van der Waals surface area contributed by atoms with Gasteiger partial charge < -0.3 is 5.11 Å². The van der Waals surface area contributed by atoms with Crippen LogP contribution in [0.25, 0.3) is 0 Å². The van der Waals surface area contributed by atoms with E-state index >= 15 is 0 Å². The summed E-state index contributed by atoms with van der Waals surface area (Å²) in [4.78, 5) is 10.4. The number of carbonyl (C=O) groups is 1. The van der Waals surface area contributed by atoms with E-state index in [9.17, 15) is 4.79 Å². The van der Waals surface area contributed by atoms with Gasteiger partial charge in [-0.25, -0.2) is 0 Å². The van der Waals surface area contributed by atoms with Crippen LogP contribution in [0.5, 0.6) is 0 Å². The van der Waals surface area contributed by atoms with Crippen molar-refractivity contribution in [3.63, 3.8) is 0 Å². The molecule has 1 saturated heterocycles. The average Bonchev–Trinajstić information content (AvgIpc) is 2.04. The van der Waals surface area contributed by atoms with E-state index in [1.165, 1.54) is 25.0 Å². The fourth-order valence-electron chi connectivity index (χ4n) is 1.58. The molecule has 1 rings (SSSR count). The van der Waals surface area contributed by atoms with Gasteiger partial charge in [0.15, 0.2) is 0 Å². The van der Waals surface area contributed by atoms with Crippen LogP contribution in [0.4, 0.5) is 0 Å². The molecule has 0 radical (unpaired) electrons. The van der Waals surface area contributed by atoms with E-state index in [0.29, 0.717) is 5.25 Å². The van der Waals surface area contributed by atoms with Crippen molar-refractivity contribution in [1.82, 2.24) is 0 Å². The molecule has 0 aliphatic carbocycles. The third-order valence-corrected chi connectivity index (χ3v) is 3.59. The zero-order chi connectivity index (χ0) is 9.68. The van der Waals surface area contributed by atoms with Crippen molar-refractivity contribution >= 4 is 17.7 Å². The van der Waals surface area contributed by atoms with Crippen molar-refractivity contribution in [2.24, 2.45) is 0 Å². The molecule has 0 saturated carbocycles. The maximum atomic E-state index is 10.4. The molecule has 1 fully saturated rings. The number of rotatable bonds is 4. The van der Waals surface area contributed by atoms with Gasteiger partial charge in [-0.15, -0.1) is 0 Å². The molecule has 13 heavy (non-hydrogen) atoms. The van der Waals surface area contributed by atoms with E-state index in [0.717, 1.165) is 12.0 Å². The number of carboxylic acid groups (broad SMARTS) is 1. The maximum absolute atomic E-state index is 10.4. The summed E-state index contributed by atoms with van der Waals surface area (Å²) < 4.78 is 0. The second-order valence-corrected chi connectivity index (χ2v) is 4.92. The summed E-state index contributed by atoms with van der Waals surface area (Å²) in [7, 11) is 0. The molecule has 0 aromatic rings. The van der Waals surface area contributed by atoms with Crippen molar-refractivity contribution in [3.05, 3.63) is 12.2 Å². The molecular formula is C10H16O2S. The Labute approximate surface area is 83.4 Å². The molecule has 0 bridgehead atoms. The molecule has 1 heterocycles. The number of thioether (sulfide) groups is 1. The number of carboxylic acids is 1. The topological polar surface area (TPSA) is 37.3 Å². The lowest BCUT2D eigenvalue weighted by molar-refractivity contribution is -0.136. The molecule has 0 amide bonds. The smallest absolute Gasteiger partial charge is 0.307 e. The first-order valence-electron chi connectivity index (χ1n) is 4.68. The van der Waals surface area contributed by atoms with Crippen LogP contribution in [0.1, 0.15) is 32.1 Å². The molecule has 1 aliphatic rings. The molecule has 74 valence electrons. The van der Waals surface area contributed by atoms with E-state index < -0.39 is 5.97 Å². The monoisotopic (exact) mass is 200 g/mol. The Morgan fingerprint density at radius 1 is 1.54 bits per heavy atom. The summed E-state index contributed by atoms with van der Waals surface area (Å²) >= 11 is 1.96. The van der Waals surface area contributed by atoms with Gasteiger partial charge in [-0.05, 0) is 25.0 Å². The van der Waals surface area contributed by atoms with Gasteiger partial charge >= 0.3 is 5.97 Å². The summed E-state index contributed by atoms with van der Waals surface area (Å²) in [6, 6.07) is 0. The van der Waals surface area contributed by atoms with Gasteiger partial charge in [-0.2, -0.15) is 11.8 Å². The van der Waals surface area contributed by atoms with Crippen molar-refractivity contribution in [2.45, 2.75) is 37.4 Å². The van der Waals surface area contributed by atoms with Crippen molar-refractivity contribution < 1.29 is 9.90 Å². The lowest BCUT2D eigenvalue weighted by Gasteiger charge is -2.21. The summed E-state index contributed by atoms with van der Waals surface area (Å²) in [5.41, 5.74) is 0.868. The molecule has 3 heteroatoms. The minimum Gasteiger partial charge on any atom is -0.481 e. The molecule has 1 N–H and O–H groups in total. The average molecular weight is 200 g/mol. The van der Waals surface area contributed by atoms with Crippen LogP contribution in [0.3, 0.4) is 0 Å². The molecule has 1 aliphatic heterocycles. The van der Waals surface area contributed by atoms with Crippen molar-refractivity contribution in [2.75, 3.05) is 5.75 Å². The highest BCUT2D eigenvalue weighted by Crippen LogP contribution is 2.29. The SMILES string of the molecule is C=C(CC(=O)O)CC1CCCCS1. The van der Waals surface area contributed by atoms with E-state index in [1.807, 2.05) is 11.8 Å². The first kappa shape index (κ1) is 10.6. The fraction of sp³-hybridized carbons (Fsp3) is 0.700. The zero-order valence-electron chi connectivity index (χ0n) is 7.79. The standard InChI is InChI=1S/C10H16O2S/c1-8(7-10(11)12)6-9-4-2-3-5-13-9/h9H,1-7H2,(H,11,12). The molecule has 1 atom stereocenters. The van der Waals surface area contributed by atoms with Crippen LogP contribution in [-0.4, -0.2) is 22.1 Å². The third-order valence-electron chi connectivity index (χ3n) is 2.19. The van der Waals surface area contributed by atoms with E-state index in [-0.39, 0.29) is 6.42 Å². The first-order valence-corrected chi connectivity index (χ1v) is 5.73. The quantitative estimate of drug-likeness (QED) is 0.709. The lowest BCUT2D eigenvalue weighted by atomic mass is 10.0. The van der Waals surface area contributed by atoms with Gasteiger partial charge in [0.2, 0.25) is 0 Å². The van der Waals surface area contributed by atoms with Crippen molar-refractivity contribution in [1.29, 1.82) is 0 Å². The minimum absolute atomic E-state index is 0.136. The number of hydrogen-bond acceptors (Lipinski definition) is 2. The van der Waals surface area contributed by atoms with Crippen LogP contribution in [-0.2, 0) is 4.79 Å². The highest BCUT2D eigenvalue weighted by molar-refractivity contribution is 7.99. The Bertz CT molecular complexity index is 195. The predicted molar refractivity (Wildman–Crippen MR) is 56.1 cm³/mol. The number of hydrogen-bond donors (Lipinski definition) is 1. The summed E-state index contributed by atoms with van der Waals surface area (Å²) in [5.74, 6) is 0.469. The predicted octanol–water partition coefficient (Wildman–Crippen LogP) is 2.69. The largest absolute Gasteiger partial charge is 0.481 e. The van der Waals surface area contributed by atoms with Gasteiger partial charge in [0.25, 0.3) is 0 Å². The second-order valence-electron chi connectivity index (χ2n) is 3.51. The Kier molecular flexibility index (Phi) is 4.36. The summed E-state index contributed by atoms with van der Waals surface area (Å²) in [6.45, 7) is 3.79. The lowest BCUT2D eigenvalue weighted by Crippen LogP contribution is -2.11. The molecule has 2 nitrogen and oxygen atoms in total. The maximum Gasteiger partial charge on any atom is 0.307 e. The fourth-order valence-corrected chi connectivity index (χ4v) is 2.97. The highest BCUT2D eigenvalue weighted by Gasteiger charge is 2.15. The molecule has 1 unspecified atom stereocenters. The highest BCUT2D eigenvalue weighted by atomic mass is 32.2. The van der Waals surface area contributed by atoms with Crippen LogP contribution >= 0.6 is 11.8 Å². The van der Waals surface area contributed by atoms with Gasteiger partial charge in [0, 0.05) is 5.25 Å². The molecule has 0 aromatic heterocycles.